The molecule has 0 bridgehead atoms. The van der Waals surface area contributed by atoms with Gasteiger partial charge >= 0.3 is 23.9 Å². The van der Waals surface area contributed by atoms with Crippen molar-refractivity contribution >= 4 is 23.9 Å². The van der Waals surface area contributed by atoms with Crippen molar-refractivity contribution in [2.75, 3.05) is 13.2 Å². The lowest BCUT2D eigenvalue weighted by Gasteiger charge is -1.95. The van der Waals surface area contributed by atoms with Gasteiger partial charge in [0, 0.05) is 13.2 Å². The lowest BCUT2D eigenvalue weighted by Crippen LogP contribution is -2.01. The number of unbranched alkanes of at least 4 members (excludes halogenated alkanes) is 3. The topological polar surface area (TPSA) is 190 Å². The summed E-state index contributed by atoms with van der Waals surface area (Å²) in [6, 6.07) is 10.2. The largest absolute Gasteiger partial charge is 0.478 e. The Hall–Kier alpha value is -3.76. The highest BCUT2D eigenvalue weighted by Crippen LogP contribution is 2.05. The van der Waals surface area contributed by atoms with Crippen molar-refractivity contribution in [3.05, 3.63) is 70.8 Å². The highest BCUT2D eigenvalue weighted by molar-refractivity contribution is 5.93. The van der Waals surface area contributed by atoms with E-state index in [4.69, 9.17) is 30.6 Å². The van der Waals surface area contributed by atoms with Crippen LogP contribution >= 0.6 is 0 Å². The highest BCUT2D eigenvalue weighted by Gasteiger charge is 2.07. The van der Waals surface area contributed by atoms with Crippen LogP contribution in [0.3, 0.4) is 0 Å². The smallest absolute Gasteiger partial charge is 0.335 e. The van der Waals surface area contributed by atoms with E-state index in [0.29, 0.717) is 0 Å². The SMILES string of the molecule is O=C(O)c1ccc(C(=O)O)cc1.O=C(O)c1cccc(C(=O)O)c1.OCCCCCCO. The number of aliphatic hydroxyl groups is 2. The summed E-state index contributed by atoms with van der Waals surface area (Å²) in [5.74, 6) is -4.38. The summed E-state index contributed by atoms with van der Waals surface area (Å²) in [6.07, 6.45) is 3.83. The maximum Gasteiger partial charge on any atom is 0.335 e. The van der Waals surface area contributed by atoms with Gasteiger partial charge in [0.1, 0.15) is 0 Å². The first kappa shape index (κ1) is 28.2. The van der Waals surface area contributed by atoms with Crippen LogP contribution < -0.4 is 0 Å². The molecule has 0 aromatic heterocycles. The zero-order valence-electron chi connectivity index (χ0n) is 17.2. The second-order valence-electron chi connectivity index (χ2n) is 6.24. The van der Waals surface area contributed by atoms with Gasteiger partial charge < -0.3 is 30.6 Å². The van der Waals surface area contributed by atoms with E-state index in [1.165, 1.54) is 42.5 Å². The van der Waals surface area contributed by atoms with Gasteiger partial charge in [0.25, 0.3) is 0 Å². The van der Waals surface area contributed by atoms with Crippen molar-refractivity contribution in [2.24, 2.45) is 0 Å². The van der Waals surface area contributed by atoms with Crippen molar-refractivity contribution in [1.82, 2.24) is 0 Å². The van der Waals surface area contributed by atoms with Crippen LogP contribution in [0.4, 0.5) is 0 Å². The van der Waals surface area contributed by atoms with Gasteiger partial charge in [0.2, 0.25) is 0 Å². The lowest BCUT2D eigenvalue weighted by atomic mass is 10.1. The number of hydrogen-bond acceptors (Lipinski definition) is 6. The molecule has 0 aliphatic carbocycles. The van der Waals surface area contributed by atoms with Gasteiger partial charge in [0.15, 0.2) is 0 Å². The summed E-state index contributed by atoms with van der Waals surface area (Å²) in [4.78, 5) is 41.4. The molecule has 0 radical (unpaired) electrons. The average molecular weight is 450 g/mol. The number of carboxylic acids is 4. The summed E-state index contributed by atoms with van der Waals surface area (Å²) in [5.41, 5.74) is 0.129. The molecule has 174 valence electrons. The summed E-state index contributed by atoms with van der Waals surface area (Å²) >= 11 is 0. The van der Waals surface area contributed by atoms with Gasteiger partial charge in [-0.25, -0.2) is 19.2 Å². The fraction of sp³-hybridized carbons (Fsp3) is 0.273. The van der Waals surface area contributed by atoms with Gasteiger partial charge in [-0.15, -0.1) is 0 Å². The Balaban J connectivity index is 0.000000462. The third-order valence-electron chi connectivity index (χ3n) is 3.80. The fourth-order valence-electron chi connectivity index (χ4n) is 2.12. The second-order valence-corrected chi connectivity index (χ2v) is 6.24. The molecule has 2 rings (SSSR count). The number of hydrogen-bond donors (Lipinski definition) is 6. The minimum atomic E-state index is -1.13. The maximum absolute atomic E-state index is 10.4. The van der Waals surface area contributed by atoms with Crippen LogP contribution in [-0.2, 0) is 0 Å². The molecule has 32 heavy (non-hydrogen) atoms. The van der Waals surface area contributed by atoms with Gasteiger partial charge in [-0.1, -0.05) is 18.9 Å². The molecule has 0 heterocycles. The molecular weight excluding hydrogens is 424 g/mol. The van der Waals surface area contributed by atoms with Crippen LogP contribution in [0.1, 0.15) is 67.1 Å². The van der Waals surface area contributed by atoms with Gasteiger partial charge in [-0.3, -0.25) is 0 Å². The van der Waals surface area contributed by atoms with Gasteiger partial charge in [-0.2, -0.15) is 0 Å². The third kappa shape index (κ3) is 12.1. The van der Waals surface area contributed by atoms with Crippen molar-refractivity contribution in [3.63, 3.8) is 0 Å². The Morgan fingerprint density at radius 2 is 0.812 bits per heavy atom. The van der Waals surface area contributed by atoms with Crippen LogP contribution in [0.5, 0.6) is 0 Å². The lowest BCUT2D eigenvalue weighted by molar-refractivity contribution is 0.0681. The summed E-state index contributed by atoms with van der Waals surface area (Å²) < 4.78 is 0. The molecule has 10 nitrogen and oxygen atoms in total. The fourth-order valence-corrected chi connectivity index (χ4v) is 2.12. The minimum Gasteiger partial charge on any atom is -0.478 e. The van der Waals surface area contributed by atoms with Crippen molar-refractivity contribution in [1.29, 1.82) is 0 Å². The van der Waals surface area contributed by atoms with E-state index in [1.54, 1.807) is 0 Å². The quantitative estimate of drug-likeness (QED) is 0.310. The van der Waals surface area contributed by atoms with Crippen LogP contribution in [0.15, 0.2) is 48.5 Å². The van der Waals surface area contributed by atoms with E-state index in [1.807, 2.05) is 0 Å². The number of aromatic carboxylic acids is 4. The summed E-state index contributed by atoms with van der Waals surface area (Å²) in [7, 11) is 0. The Morgan fingerprint density at radius 1 is 0.500 bits per heavy atom. The minimum absolute atomic E-state index is 0.0186. The molecule has 10 heteroatoms. The molecule has 0 amide bonds. The summed E-state index contributed by atoms with van der Waals surface area (Å²) in [5, 5.41) is 50.5. The molecule has 0 saturated heterocycles. The standard InChI is InChI=1S/2C8H6O4.C6H14O2/c9-7(10)5-1-2-6(4-3-5)8(11)12;9-7(10)5-2-1-3-6(4-5)8(11)12;7-5-3-1-2-4-6-8/h2*1-4H,(H,9,10)(H,11,12);7-8H,1-6H2. The molecule has 0 spiro atoms. The number of rotatable bonds is 9. The molecule has 0 saturated carbocycles. The predicted molar refractivity (Wildman–Crippen MR) is 113 cm³/mol. The average Bonchev–Trinajstić information content (AvgIpc) is 2.77. The first-order valence-electron chi connectivity index (χ1n) is 9.49. The second kappa shape index (κ2) is 16.0. The molecule has 6 N–H and O–H groups in total. The molecule has 0 aliphatic rings. The zero-order chi connectivity index (χ0) is 24.5. The Labute approximate surface area is 184 Å². The van der Waals surface area contributed by atoms with E-state index in [-0.39, 0.29) is 35.5 Å². The van der Waals surface area contributed by atoms with Crippen LogP contribution in [-0.4, -0.2) is 67.7 Å². The van der Waals surface area contributed by atoms with Crippen molar-refractivity contribution in [2.45, 2.75) is 25.7 Å². The number of carbonyl (C=O) groups is 4. The van der Waals surface area contributed by atoms with Crippen molar-refractivity contribution in [3.8, 4) is 0 Å². The van der Waals surface area contributed by atoms with Gasteiger partial charge in [0.05, 0.1) is 22.3 Å². The highest BCUT2D eigenvalue weighted by atomic mass is 16.4. The predicted octanol–water partition coefficient (Wildman–Crippen LogP) is 2.70. The first-order chi connectivity index (χ1) is 15.1. The zero-order valence-corrected chi connectivity index (χ0v) is 17.2. The van der Waals surface area contributed by atoms with E-state index < -0.39 is 23.9 Å². The van der Waals surface area contributed by atoms with Crippen LogP contribution in [0, 0.1) is 0 Å². The molecule has 0 unspecified atom stereocenters. The number of carboxylic acid groups (broad SMARTS) is 4. The van der Waals surface area contributed by atoms with E-state index in [2.05, 4.69) is 0 Å². The van der Waals surface area contributed by atoms with Crippen molar-refractivity contribution < 1.29 is 49.8 Å². The molecule has 0 aliphatic heterocycles. The maximum atomic E-state index is 10.4. The van der Waals surface area contributed by atoms with Crippen LogP contribution in [0.25, 0.3) is 0 Å². The van der Waals surface area contributed by atoms with E-state index in [9.17, 15) is 19.2 Å². The monoisotopic (exact) mass is 450 g/mol. The number of benzene rings is 2. The Morgan fingerprint density at radius 3 is 1.06 bits per heavy atom. The molecular formula is C22H26O10. The van der Waals surface area contributed by atoms with E-state index >= 15 is 0 Å². The number of aliphatic hydroxyl groups excluding tert-OH is 2. The van der Waals surface area contributed by atoms with Gasteiger partial charge in [-0.05, 0) is 55.3 Å². The first-order valence-corrected chi connectivity index (χ1v) is 9.49. The molecule has 0 atom stereocenters. The Bertz CT molecular complexity index is 806. The van der Waals surface area contributed by atoms with E-state index in [0.717, 1.165) is 31.7 Å². The Kier molecular flexibility index (Phi) is 14.1. The third-order valence-corrected chi connectivity index (χ3v) is 3.80. The molecule has 0 fully saturated rings. The summed E-state index contributed by atoms with van der Waals surface area (Å²) in [6.45, 7) is 0.566. The molecule has 2 aromatic carbocycles. The normalized spacial score (nSPS) is 9.44. The van der Waals surface area contributed by atoms with Crippen LogP contribution in [0.2, 0.25) is 0 Å². The molecule has 2 aromatic rings.